The first-order valence-electron chi connectivity index (χ1n) is 6.95. The van der Waals surface area contributed by atoms with E-state index in [9.17, 15) is 14.3 Å². The number of hydrogen-bond donors (Lipinski definition) is 1. The molecule has 0 bridgehead atoms. The van der Waals surface area contributed by atoms with Gasteiger partial charge in [-0.2, -0.15) is 0 Å². The smallest absolute Gasteiger partial charge is 0.320 e. The van der Waals surface area contributed by atoms with Gasteiger partial charge in [-0.05, 0) is 30.4 Å². The molecule has 1 N–H and O–H groups in total. The molecule has 5 heteroatoms. The number of halogens is 1. The molecule has 110 valence electrons. The normalized spacial score (nSPS) is 20.5. The van der Waals surface area contributed by atoms with Crippen LogP contribution in [0, 0.1) is 5.82 Å². The van der Waals surface area contributed by atoms with E-state index >= 15 is 0 Å². The largest absolute Gasteiger partial charge is 0.480 e. The lowest BCUT2D eigenvalue weighted by Crippen LogP contribution is -2.39. The molecule has 2 heterocycles. The van der Waals surface area contributed by atoms with Crippen molar-refractivity contribution < 1.29 is 14.3 Å². The zero-order valence-electron chi connectivity index (χ0n) is 11.4. The van der Waals surface area contributed by atoms with Crippen LogP contribution in [0.4, 0.5) is 4.39 Å². The van der Waals surface area contributed by atoms with Crippen molar-refractivity contribution >= 4 is 17.3 Å². The molecule has 0 spiro atoms. The van der Waals surface area contributed by atoms with Crippen LogP contribution in [0.2, 0.25) is 0 Å². The third-order valence-corrected chi connectivity index (χ3v) is 4.85. The average molecular weight is 305 g/mol. The molecule has 1 aromatic carbocycles. The lowest BCUT2D eigenvalue weighted by molar-refractivity contribution is -0.142. The van der Waals surface area contributed by atoms with Crippen LogP contribution in [0.5, 0.6) is 0 Å². The van der Waals surface area contributed by atoms with E-state index in [0.29, 0.717) is 18.5 Å². The molecule has 0 radical (unpaired) electrons. The standard InChI is InChI=1S/C16H16FNO2S/c17-12-6-2-1-5-11(12)15(14-8-4-10-21-14)18-9-3-7-13(18)16(19)20/h1-2,4-6,8,10,13,15H,3,7,9H2,(H,19,20). The van der Waals surface area contributed by atoms with Crippen LogP contribution in [0.25, 0.3) is 0 Å². The van der Waals surface area contributed by atoms with Gasteiger partial charge in [0.1, 0.15) is 11.9 Å². The predicted molar refractivity (Wildman–Crippen MR) is 79.9 cm³/mol. The van der Waals surface area contributed by atoms with Gasteiger partial charge in [-0.25, -0.2) is 4.39 Å². The summed E-state index contributed by atoms with van der Waals surface area (Å²) in [7, 11) is 0. The molecule has 2 atom stereocenters. The predicted octanol–water partition coefficient (Wildman–Crippen LogP) is 3.53. The van der Waals surface area contributed by atoms with Crippen molar-refractivity contribution in [2.45, 2.75) is 24.9 Å². The summed E-state index contributed by atoms with van der Waals surface area (Å²) in [6.07, 6.45) is 1.44. The lowest BCUT2D eigenvalue weighted by atomic mass is 10.0. The number of aliphatic carboxylic acids is 1. The van der Waals surface area contributed by atoms with Crippen molar-refractivity contribution in [1.29, 1.82) is 0 Å². The number of carboxylic acid groups (broad SMARTS) is 1. The van der Waals surface area contributed by atoms with Crippen LogP contribution in [0.1, 0.15) is 29.3 Å². The highest BCUT2D eigenvalue weighted by atomic mass is 32.1. The Morgan fingerprint density at radius 1 is 1.33 bits per heavy atom. The van der Waals surface area contributed by atoms with Crippen LogP contribution >= 0.6 is 11.3 Å². The van der Waals surface area contributed by atoms with Gasteiger partial charge >= 0.3 is 5.97 Å². The Morgan fingerprint density at radius 2 is 2.14 bits per heavy atom. The van der Waals surface area contributed by atoms with Gasteiger partial charge in [0.05, 0.1) is 6.04 Å². The Morgan fingerprint density at radius 3 is 2.81 bits per heavy atom. The summed E-state index contributed by atoms with van der Waals surface area (Å²) in [6, 6.07) is 9.62. The van der Waals surface area contributed by atoms with E-state index in [4.69, 9.17) is 0 Å². The van der Waals surface area contributed by atoms with Gasteiger partial charge in [0.25, 0.3) is 0 Å². The Kier molecular flexibility index (Phi) is 4.03. The number of benzene rings is 1. The first-order valence-corrected chi connectivity index (χ1v) is 7.83. The van der Waals surface area contributed by atoms with E-state index in [1.807, 2.05) is 22.4 Å². The van der Waals surface area contributed by atoms with Crippen LogP contribution in [-0.4, -0.2) is 28.6 Å². The second-order valence-corrected chi connectivity index (χ2v) is 6.15. The van der Waals surface area contributed by atoms with Gasteiger partial charge in [-0.15, -0.1) is 11.3 Å². The van der Waals surface area contributed by atoms with Crippen LogP contribution in [-0.2, 0) is 4.79 Å². The number of carboxylic acids is 1. The van der Waals surface area contributed by atoms with Gasteiger partial charge in [-0.1, -0.05) is 24.3 Å². The molecule has 1 aromatic heterocycles. The van der Waals surface area contributed by atoms with Crippen molar-refractivity contribution in [2.75, 3.05) is 6.54 Å². The average Bonchev–Trinajstić information content (AvgIpc) is 3.13. The molecule has 21 heavy (non-hydrogen) atoms. The van der Waals surface area contributed by atoms with E-state index in [-0.39, 0.29) is 11.9 Å². The van der Waals surface area contributed by atoms with E-state index in [2.05, 4.69) is 0 Å². The molecule has 1 saturated heterocycles. The van der Waals surface area contributed by atoms with Crippen LogP contribution in [0.15, 0.2) is 41.8 Å². The van der Waals surface area contributed by atoms with Gasteiger partial charge in [0, 0.05) is 17.0 Å². The minimum Gasteiger partial charge on any atom is -0.480 e. The van der Waals surface area contributed by atoms with Gasteiger partial charge in [-0.3, -0.25) is 9.69 Å². The Bertz CT molecular complexity index is 629. The molecule has 2 aromatic rings. The van der Waals surface area contributed by atoms with Gasteiger partial charge in [0.2, 0.25) is 0 Å². The minimum absolute atomic E-state index is 0.285. The second kappa shape index (κ2) is 5.95. The monoisotopic (exact) mass is 305 g/mol. The van der Waals surface area contributed by atoms with Crippen LogP contribution < -0.4 is 0 Å². The number of likely N-dealkylation sites (tertiary alicyclic amines) is 1. The summed E-state index contributed by atoms with van der Waals surface area (Å²) in [6.45, 7) is 0.674. The zero-order valence-corrected chi connectivity index (χ0v) is 12.2. The maximum atomic E-state index is 14.2. The molecule has 3 nitrogen and oxygen atoms in total. The van der Waals surface area contributed by atoms with Crippen molar-refractivity contribution in [2.24, 2.45) is 0 Å². The summed E-state index contributed by atoms with van der Waals surface area (Å²) < 4.78 is 14.2. The number of thiophene rings is 1. The second-order valence-electron chi connectivity index (χ2n) is 5.17. The topological polar surface area (TPSA) is 40.5 Å². The fraction of sp³-hybridized carbons (Fsp3) is 0.312. The fourth-order valence-corrected chi connectivity index (χ4v) is 3.86. The van der Waals surface area contributed by atoms with E-state index in [1.165, 1.54) is 17.4 Å². The summed E-state index contributed by atoms with van der Waals surface area (Å²) in [5.41, 5.74) is 0.549. The van der Waals surface area contributed by atoms with E-state index in [0.717, 1.165) is 11.3 Å². The number of carbonyl (C=O) groups is 1. The highest BCUT2D eigenvalue weighted by molar-refractivity contribution is 7.10. The van der Waals surface area contributed by atoms with Crippen molar-refractivity contribution in [3.05, 3.63) is 58.0 Å². The SMILES string of the molecule is O=C(O)C1CCCN1C(c1cccs1)c1ccccc1F. The zero-order chi connectivity index (χ0) is 14.8. The molecular weight excluding hydrogens is 289 g/mol. The van der Waals surface area contributed by atoms with Crippen molar-refractivity contribution in [3.63, 3.8) is 0 Å². The molecule has 3 rings (SSSR count). The molecule has 1 aliphatic rings. The van der Waals surface area contributed by atoms with Crippen molar-refractivity contribution in [1.82, 2.24) is 4.90 Å². The number of rotatable bonds is 4. The fourth-order valence-electron chi connectivity index (χ4n) is 3.00. The molecule has 1 aliphatic heterocycles. The van der Waals surface area contributed by atoms with Crippen molar-refractivity contribution in [3.8, 4) is 0 Å². The maximum absolute atomic E-state index is 14.2. The first-order chi connectivity index (χ1) is 10.2. The van der Waals surface area contributed by atoms with Gasteiger partial charge in [0.15, 0.2) is 0 Å². The Balaban J connectivity index is 2.05. The highest BCUT2D eigenvalue weighted by Crippen LogP contribution is 2.37. The number of hydrogen-bond acceptors (Lipinski definition) is 3. The molecule has 0 aliphatic carbocycles. The number of nitrogens with zero attached hydrogens (tertiary/aromatic N) is 1. The lowest BCUT2D eigenvalue weighted by Gasteiger charge is -2.31. The minimum atomic E-state index is -0.828. The molecule has 2 unspecified atom stereocenters. The highest BCUT2D eigenvalue weighted by Gasteiger charge is 2.38. The quantitative estimate of drug-likeness (QED) is 0.939. The molecular formula is C16H16FNO2S. The third-order valence-electron chi connectivity index (χ3n) is 3.92. The summed E-state index contributed by atoms with van der Waals surface area (Å²) in [4.78, 5) is 14.4. The molecule has 0 amide bonds. The third kappa shape index (κ3) is 2.71. The Hall–Kier alpha value is -1.72. The first kappa shape index (κ1) is 14.2. The maximum Gasteiger partial charge on any atom is 0.320 e. The van der Waals surface area contributed by atoms with Crippen LogP contribution in [0.3, 0.4) is 0 Å². The van der Waals surface area contributed by atoms with Gasteiger partial charge < -0.3 is 5.11 Å². The molecule has 1 fully saturated rings. The van der Waals surface area contributed by atoms with E-state index in [1.54, 1.807) is 18.2 Å². The summed E-state index contributed by atoms with van der Waals surface area (Å²) in [5, 5.41) is 11.4. The van der Waals surface area contributed by atoms with E-state index < -0.39 is 12.0 Å². The Labute approximate surface area is 126 Å². The summed E-state index contributed by atoms with van der Waals surface area (Å²) >= 11 is 1.53. The summed E-state index contributed by atoms with van der Waals surface area (Å²) in [5.74, 6) is -1.11. The molecule has 0 saturated carbocycles.